The molecule has 0 bridgehead atoms. The molecule has 4 amide bonds. The van der Waals surface area contributed by atoms with Gasteiger partial charge in [0, 0.05) is 12.1 Å². The molecule has 248 valence electrons. The zero-order valence-corrected chi connectivity index (χ0v) is 21.4. The lowest BCUT2D eigenvalue weighted by Crippen LogP contribution is -2.62. The Kier molecular flexibility index (Phi) is 9.98. The number of carbonyl (C=O) groups excluding carboxylic acids is 4. The molecule has 0 saturated carbocycles. The lowest BCUT2D eigenvalue weighted by atomic mass is 10.0. The van der Waals surface area contributed by atoms with E-state index in [1.54, 1.807) is 0 Å². The van der Waals surface area contributed by atoms with Crippen molar-refractivity contribution in [1.82, 2.24) is 10.6 Å². The number of rotatable bonds is 7. The number of carbonyl (C=O) groups is 4. The number of nitrogens with zero attached hydrogens (tertiary/aromatic N) is 2. The normalized spacial score (nSPS) is 17.8. The van der Waals surface area contributed by atoms with Crippen molar-refractivity contribution in [1.29, 1.82) is 0 Å². The third kappa shape index (κ3) is 8.53. The molecule has 0 aromatic heterocycles. The zero-order valence-electron chi connectivity index (χ0n) is 21.4. The number of hydrogen-bond acceptors (Lipinski definition) is 6. The van der Waals surface area contributed by atoms with Crippen LogP contribution in [-0.4, -0.2) is 91.3 Å². The van der Waals surface area contributed by atoms with E-state index in [1.165, 1.54) is 5.32 Å². The molecule has 0 spiro atoms. The summed E-state index contributed by atoms with van der Waals surface area (Å²) >= 11 is 0. The van der Waals surface area contributed by atoms with Crippen LogP contribution in [0.4, 0.5) is 73.2 Å². The standard InChI is InChI=1S/C21H17F13N4O6/c1-17(43,14(40)35-5-18(24,25)21(32,33)34)15(41)36-10-4-37(16(42)44-7-20(29,30)31)11-2-8(22)9(23)3-12(11)38(13(10)39)6-19(26,27)28/h2-3,10,43H,4-7H2,1H3,(H,35,40)(H,36,41)/t10-,17?/m0/s1. The van der Waals surface area contributed by atoms with Crippen LogP contribution in [0.2, 0.25) is 0 Å². The number of anilines is 2. The number of fused-ring (bicyclic) bond motifs is 1. The Hall–Kier alpha value is -4.05. The van der Waals surface area contributed by atoms with Crippen molar-refractivity contribution in [2.24, 2.45) is 0 Å². The molecule has 1 unspecified atom stereocenters. The number of halogens is 13. The van der Waals surface area contributed by atoms with Crippen molar-refractivity contribution in [3.05, 3.63) is 23.8 Å². The van der Waals surface area contributed by atoms with Crippen molar-refractivity contribution < 1.29 is 86.1 Å². The first-order chi connectivity index (χ1) is 19.7. The van der Waals surface area contributed by atoms with Gasteiger partial charge in [-0.3, -0.25) is 24.2 Å². The number of hydrogen-bond donors (Lipinski definition) is 3. The molecule has 2 rings (SSSR count). The third-order valence-corrected chi connectivity index (χ3v) is 5.52. The monoisotopic (exact) mass is 668 g/mol. The molecule has 0 aliphatic carbocycles. The van der Waals surface area contributed by atoms with Gasteiger partial charge in [0.15, 0.2) is 18.2 Å². The second kappa shape index (κ2) is 12.1. The van der Waals surface area contributed by atoms with Crippen molar-refractivity contribution >= 4 is 35.2 Å². The second-order valence-electron chi connectivity index (χ2n) is 9.06. The summed E-state index contributed by atoms with van der Waals surface area (Å²) in [5.41, 5.74) is -6.15. The van der Waals surface area contributed by atoms with Gasteiger partial charge in [-0.2, -0.15) is 48.3 Å². The fraction of sp³-hybridized carbons (Fsp3) is 0.524. The van der Waals surface area contributed by atoms with Gasteiger partial charge >= 0.3 is 30.5 Å². The first-order valence-electron chi connectivity index (χ1n) is 11.3. The molecular weight excluding hydrogens is 651 g/mol. The Bertz CT molecular complexity index is 1300. The number of benzene rings is 1. The number of aliphatic hydroxyl groups is 1. The number of ether oxygens (including phenoxy) is 1. The van der Waals surface area contributed by atoms with Gasteiger partial charge in [-0.05, 0) is 6.92 Å². The summed E-state index contributed by atoms with van der Waals surface area (Å²) in [5, 5.41) is 12.5. The molecule has 1 aromatic rings. The van der Waals surface area contributed by atoms with E-state index in [0.29, 0.717) is 0 Å². The van der Waals surface area contributed by atoms with Gasteiger partial charge in [-0.25, -0.2) is 13.6 Å². The Morgan fingerprint density at radius 3 is 1.91 bits per heavy atom. The molecule has 0 radical (unpaired) electrons. The highest BCUT2D eigenvalue weighted by atomic mass is 19.4. The summed E-state index contributed by atoms with van der Waals surface area (Å²) in [5.74, 6) is -15.8. The predicted molar refractivity (Wildman–Crippen MR) is 116 cm³/mol. The summed E-state index contributed by atoms with van der Waals surface area (Å²) in [6.07, 6.45) is -18.9. The summed E-state index contributed by atoms with van der Waals surface area (Å²) < 4.78 is 173. The van der Waals surface area contributed by atoms with Gasteiger partial charge in [0.1, 0.15) is 12.6 Å². The second-order valence-corrected chi connectivity index (χ2v) is 9.06. The van der Waals surface area contributed by atoms with Gasteiger partial charge in [0.25, 0.3) is 17.7 Å². The molecule has 1 aliphatic rings. The van der Waals surface area contributed by atoms with Crippen molar-refractivity contribution in [2.45, 2.75) is 43.0 Å². The number of alkyl halides is 11. The Balaban J connectivity index is 2.53. The lowest BCUT2D eigenvalue weighted by molar-refractivity contribution is -0.278. The van der Waals surface area contributed by atoms with Crippen LogP contribution in [-0.2, 0) is 19.1 Å². The van der Waals surface area contributed by atoms with Crippen LogP contribution < -0.4 is 20.4 Å². The van der Waals surface area contributed by atoms with Crippen molar-refractivity contribution in [3.63, 3.8) is 0 Å². The van der Waals surface area contributed by atoms with E-state index in [2.05, 4.69) is 4.74 Å². The minimum absolute atomic E-state index is 0.00912. The van der Waals surface area contributed by atoms with Crippen LogP contribution in [0.1, 0.15) is 6.92 Å². The van der Waals surface area contributed by atoms with Gasteiger partial charge in [-0.1, -0.05) is 0 Å². The van der Waals surface area contributed by atoms with E-state index < -0.39 is 114 Å². The Morgan fingerprint density at radius 2 is 1.43 bits per heavy atom. The summed E-state index contributed by atoms with van der Waals surface area (Å²) in [6, 6.07) is -2.70. The maximum atomic E-state index is 14.1. The van der Waals surface area contributed by atoms with Crippen LogP contribution in [0.5, 0.6) is 0 Å². The minimum atomic E-state index is -6.21. The lowest BCUT2D eigenvalue weighted by Gasteiger charge is -2.29. The molecular formula is C21H17F13N4O6. The van der Waals surface area contributed by atoms with Crippen LogP contribution in [0, 0.1) is 11.6 Å². The van der Waals surface area contributed by atoms with E-state index in [1.807, 2.05) is 0 Å². The largest absolute Gasteiger partial charge is 0.455 e. The summed E-state index contributed by atoms with van der Waals surface area (Å²) in [7, 11) is 0. The smallest absolute Gasteiger partial charge is 0.439 e. The first kappa shape index (κ1) is 36.1. The maximum absolute atomic E-state index is 14.1. The van der Waals surface area contributed by atoms with Gasteiger partial charge < -0.3 is 20.5 Å². The molecule has 10 nitrogen and oxygen atoms in total. The predicted octanol–water partition coefficient (Wildman–Crippen LogP) is 2.93. The molecule has 0 fully saturated rings. The molecule has 23 heteroatoms. The summed E-state index contributed by atoms with van der Waals surface area (Å²) in [4.78, 5) is 49.8. The molecule has 44 heavy (non-hydrogen) atoms. The highest BCUT2D eigenvalue weighted by molar-refractivity contribution is 6.11. The molecule has 1 aliphatic heterocycles. The summed E-state index contributed by atoms with van der Waals surface area (Å²) in [6.45, 7) is -8.61. The molecule has 3 N–H and O–H groups in total. The third-order valence-electron chi connectivity index (χ3n) is 5.52. The fourth-order valence-corrected chi connectivity index (χ4v) is 3.33. The molecule has 2 atom stereocenters. The van der Waals surface area contributed by atoms with Gasteiger partial charge in [0.2, 0.25) is 5.60 Å². The van der Waals surface area contributed by atoms with Crippen LogP contribution in [0.25, 0.3) is 0 Å². The van der Waals surface area contributed by atoms with E-state index in [0.717, 1.165) is 5.32 Å². The molecule has 0 saturated heterocycles. The van der Waals surface area contributed by atoms with E-state index >= 15 is 0 Å². The van der Waals surface area contributed by atoms with Crippen molar-refractivity contribution in [3.8, 4) is 0 Å². The van der Waals surface area contributed by atoms with Crippen LogP contribution in [0.3, 0.4) is 0 Å². The van der Waals surface area contributed by atoms with Crippen LogP contribution >= 0.6 is 0 Å². The SMILES string of the molecule is CC(O)(C(=O)NCC(F)(F)C(F)(F)F)C(=O)N[C@H]1CN(C(=O)OCC(F)(F)F)c2cc(F)c(F)cc2N(CC(F)(F)F)C1=O. The highest BCUT2D eigenvalue weighted by Gasteiger charge is 2.58. The highest BCUT2D eigenvalue weighted by Crippen LogP contribution is 2.38. The zero-order chi connectivity index (χ0) is 34.2. The quantitative estimate of drug-likeness (QED) is 0.303. The number of nitrogens with one attached hydrogen (secondary N) is 2. The topological polar surface area (TPSA) is 128 Å². The Labute approximate surface area is 235 Å². The fourth-order valence-electron chi connectivity index (χ4n) is 3.33. The minimum Gasteiger partial charge on any atom is -0.439 e. The van der Waals surface area contributed by atoms with Crippen molar-refractivity contribution in [2.75, 3.05) is 36.0 Å². The molecule has 1 aromatic carbocycles. The van der Waals surface area contributed by atoms with E-state index in [4.69, 9.17) is 0 Å². The Morgan fingerprint density at radius 1 is 0.909 bits per heavy atom. The average molecular weight is 668 g/mol. The maximum Gasteiger partial charge on any atom is 0.455 e. The van der Waals surface area contributed by atoms with Gasteiger partial charge in [0.05, 0.1) is 24.5 Å². The van der Waals surface area contributed by atoms with Gasteiger partial charge in [-0.15, -0.1) is 0 Å². The van der Waals surface area contributed by atoms with E-state index in [-0.39, 0.29) is 24.0 Å². The first-order valence-corrected chi connectivity index (χ1v) is 11.3. The van der Waals surface area contributed by atoms with Crippen LogP contribution in [0.15, 0.2) is 12.1 Å². The number of amides is 4. The average Bonchev–Trinajstić information content (AvgIpc) is 2.95. The molecule has 1 heterocycles. The van der Waals surface area contributed by atoms with E-state index in [9.17, 15) is 81.4 Å².